The van der Waals surface area contributed by atoms with Gasteiger partial charge in [-0.15, -0.1) is 0 Å². The highest BCUT2D eigenvalue weighted by Gasteiger charge is 2.41. The third-order valence-electron chi connectivity index (χ3n) is 3.33. The van der Waals surface area contributed by atoms with E-state index in [4.69, 9.17) is 12.2 Å². The van der Waals surface area contributed by atoms with Gasteiger partial charge in [0.2, 0.25) is 0 Å². The molecule has 1 aliphatic rings. The Labute approximate surface area is 141 Å². The van der Waals surface area contributed by atoms with E-state index in [1.165, 1.54) is 18.2 Å². The summed E-state index contributed by atoms with van der Waals surface area (Å²) < 4.78 is 0. The van der Waals surface area contributed by atoms with Gasteiger partial charge in [0.15, 0.2) is 5.11 Å². The number of nitrogens with zero attached hydrogens (tertiary/aromatic N) is 2. The van der Waals surface area contributed by atoms with Gasteiger partial charge in [-0.2, -0.15) is 5.01 Å². The second-order valence-electron chi connectivity index (χ2n) is 4.83. The van der Waals surface area contributed by atoms with Gasteiger partial charge in [-0.1, -0.05) is 24.3 Å². The number of para-hydroxylation sites is 1. The molecule has 120 valence electrons. The van der Waals surface area contributed by atoms with Gasteiger partial charge in [0.1, 0.15) is 5.56 Å². The summed E-state index contributed by atoms with van der Waals surface area (Å²) in [5.41, 5.74) is 2.43. The maximum atomic E-state index is 12.4. The molecule has 1 aliphatic heterocycles. The highest BCUT2D eigenvalue weighted by molar-refractivity contribution is 7.80. The fourth-order valence-corrected chi connectivity index (χ4v) is 2.51. The SMILES string of the molecule is O=C1c2cccc([N+](=O)[O-])c2C(=O)N1NC(=S)Nc1ccccc1. The van der Waals surface area contributed by atoms with Crippen molar-refractivity contribution in [2.75, 3.05) is 5.32 Å². The average Bonchev–Trinajstić information content (AvgIpc) is 2.81. The number of nitro groups is 1. The van der Waals surface area contributed by atoms with Crippen molar-refractivity contribution in [1.29, 1.82) is 0 Å². The zero-order chi connectivity index (χ0) is 17.3. The molecular weight excluding hydrogens is 332 g/mol. The van der Waals surface area contributed by atoms with E-state index in [0.717, 1.165) is 0 Å². The number of imide groups is 1. The molecule has 0 saturated heterocycles. The van der Waals surface area contributed by atoms with Crippen molar-refractivity contribution in [2.24, 2.45) is 0 Å². The molecule has 24 heavy (non-hydrogen) atoms. The number of benzene rings is 2. The highest BCUT2D eigenvalue weighted by Crippen LogP contribution is 2.29. The van der Waals surface area contributed by atoms with Crippen LogP contribution in [0.4, 0.5) is 11.4 Å². The lowest BCUT2D eigenvalue weighted by Crippen LogP contribution is -2.47. The molecule has 2 aromatic carbocycles. The Morgan fingerprint density at radius 3 is 2.42 bits per heavy atom. The maximum absolute atomic E-state index is 12.4. The number of thiocarbonyl (C=S) groups is 1. The van der Waals surface area contributed by atoms with Gasteiger partial charge in [-0.25, -0.2) is 0 Å². The molecule has 8 nitrogen and oxygen atoms in total. The van der Waals surface area contributed by atoms with Gasteiger partial charge in [-0.3, -0.25) is 25.1 Å². The Bertz CT molecular complexity index is 869. The van der Waals surface area contributed by atoms with Crippen LogP contribution in [0.5, 0.6) is 0 Å². The predicted octanol–water partition coefficient (Wildman–Crippen LogP) is 2.09. The topological polar surface area (TPSA) is 105 Å². The van der Waals surface area contributed by atoms with Gasteiger partial charge in [0.05, 0.1) is 10.5 Å². The summed E-state index contributed by atoms with van der Waals surface area (Å²) >= 11 is 5.07. The first-order valence-corrected chi connectivity index (χ1v) is 7.18. The molecule has 3 rings (SSSR count). The maximum Gasteiger partial charge on any atom is 0.287 e. The van der Waals surface area contributed by atoms with Crippen molar-refractivity contribution in [3.8, 4) is 0 Å². The third-order valence-corrected chi connectivity index (χ3v) is 3.53. The summed E-state index contributed by atoms with van der Waals surface area (Å²) in [6.07, 6.45) is 0. The van der Waals surface area contributed by atoms with Crippen molar-refractivity contribution >= 4 is 40.5 Å². The summed E-state index contributed by atoms with van der Waals surface area (Å²) in [6, 6.07) is 12.8. The van der Waals surface area contributed by atoms with E-state index in [0.29, 0.717) is 10.7 Å². The number of hydrogen-bond donors (Lipinski definition) is 2. The summed E-state index contributed by atoms with van der Waals surface area (Å²) in [5.74, 6) is -1.52. The Morgan fingerprint density at radius 2 is 1.75 bits per heavy atom. The number of carbonyl (C=O) groups is 2. The van der Waals surface area contributed by atoms with Crippen molar-refractivity contribution < 1.29 is 14.5 Å². The van der Waals surface area contributed by atoms with Crippen LogP contribution in [0.15, 0.2) is 48.5 Å². The van der Waals surface area contributed by atoms with Crippen LogP contribution in [0.1, 0.15) is 20.7 Å². The molecular formula is C15H10N4O4S. The number of hydrogen-bond acceptors (Lipinski definition) is 5. The normalized spacial score (nSPS) is 12.8. The third kappa shape index (κ3) is 2.68. The molecule has 9 heteroatoms. The van der Waals surface area contributed by atoms with Gasteiger partial charge < -0.3 is 5.32 Å². The van der Waals surface area contributed by atoms with E-state index in [1.807, 2.05) is 6.07 Å². The van der Waals surface area contributed by atoms with Crippen LogP contribution in [0, 0.1) is 10.1 Å². The number of rotatable bonds is 3. The molecule has 2 amide bonds. The Balaban J connectivity index is 1.82. The molecule has 0 fully saturated rings. The molecule has 0 spiro atoms. The minimum Gasteiger partial charge on any atom is -0.331 e. The smallest absolute Gasteiger partial charge is 0.287 e. The Hall–Kier alpha value is -3.33. The number of anilines is 1. The molecule has 2 N–H and O–H groups in total. The molecule has 2 aromatic rings. The van der Waals surface area contributed by atoms with E-state index in [9.17, 15) is 19.7 Å². The molecule has 0 radical (unpaired) electrons. The molecule has 0 aromatic heterocycles. The summed E-state index contributed by atoms with van der Waals surface area (Å²) in [5, 5.41) is 14.5. The summed E-state index contributed by atoms with van der Waals surface area (Å²) in [6.45, 7) is 0. The van der Waals surface area contributed by atoms with E-state index in [2.05, 4.69) is 10.7 Å². The van der Waals surface area contributed by atoms with E-state index < -0.39 is 22.4 Å². The first kappa shape index (κ1) is 15.6. The van der Waals surface area contributed by atoms with Gasteiger partial charge >= 0.3 is 0 Å². The van der Waals surface area contributed by atoms with Gasteiger partial charge in [0.25, 0.3) is 17.5 Å². The zero-order valence-corrected chi connectivity index (χ0v) is 12.9. The van der Waals surface area contributed by atoms with Crippen molar-refractivity contribution in [1.82, 2.24) is 10.4 Å². The van der Waals surface area contributed by atoms with Crippen molar-refractivity contribution in [2.45, 2.75) is 0 Å². The highest BCUT2D eigenvalue weighted by atomic mass is 32.1. The number of nitrogens with one attached hydrogen (secondary N) is 2. The number of carbonyl (C=O) groups excluding carboxylic acids is 2. The summed E-state index contributed by atoms with van der Waals surface area (Å²) in [4.78, 5) is 35.0. The van der Waals surface area contributed by atoms with Crippen LogP contribution in [0.2, 0.25) is 0 Å². The Morgan fingerprint density at radius 1 is 1.04 bits per heavy atom. The minimum absolute atomic E-state index is 0.0124. The Kier molecular flexibility index (Phi) is 3.92. The van der Waals surface area contributed by atoms with Crippen molar-refractivity contribution in [3.63, 3.8) is 0 Å². The molecule has 0 saturated carbocycles. The molecule has 0 bridgehead atoms. The largest absolute Gasteiger partial charge is 0.331 e. The molecule has 0 unspecified atom stereocenters. The molecule has 0 atom stereocenters. The fourth-order valence-electron chi connectivity index (χ4n) is 2.30. The van der Waals surface area contributed by atoms with Crippen LogP contribution < -0.4 is 10.7 Å². The van der Waals surface area contributed by atoms with Crippen LogP contribution in [0.3, 0.4) is 0 Å². The number of hydrazine groups is 1. The average molecular weight is 342 g/mol. The van der Waals surface area contributed by atoms with Crippen LogP contribution in [-0.2, 0) is 0 Å². The lowest BCUT2D eigenvalue weighted by molar-refractivity contribution is -0.385. The standard InChI is InChI=1S/C15H10N4O4S/c20-13-10-7-4-8-11(19(22)23)12(10)14(21)18(13)17-15(24)16-9-5-2-1-3-6-9/h1-8H,(H2,16,17,24). The summed E-state index contributed by atoms with van der Waals surface area (Å²) in [7, 11) is 0. The van der Waals surface area contributed by atoms with Crippen molar-refractivity contribution in [3.05, 3.63) is 69.8 Å². The second-order valence-corrected chi connectivity index (χ2v) is 5.24. The zero-order valence-electron chi connectivity index (χ0n) is 12.1. The fraction of sp³-hybridized carbons (Fsp3) is 0. The van der Waals surface area contributed by atoms with Crippen LogP contribution in [0.25, 0.3) is 0 Å². The quantitative estimate of drug-likeness (QED) is 0.381. The van der Waals surface area contributed by atoms with Gasteiger partial charge in [0, 0.05) is 11.8 Å². The predicted molar refractivity (Wildman–Crippen MR) is 89.4 cm³/mol. The minimum atomic E-state index is -0.820. The van der Waals surface area contributed by atoms with Crippen LogP contribution in [-0.4, -0.2) is 26.9 Å². The van der Waals surface area contributed by atoms with Gasteiger partial charge in [-0.05, 0) is 30.4 Å². The van der Waals surface area contributed by atoms with Crippen LogP contribution >= 0.6 is 12.2 Å². The molecule has 0 aliphatic carbocycles. The van der Waals surface area contributed by atoms with E-state index in [-0.39, 0.29) is 16.2 Å². The number of nitro benzene ring substituents is 1. The number of fused-ring (bicyclic) bond motifs is 1. The lowest BCUT2D eigenvalue weighted by atomic mass is 10.1. The first-order valence-electron chi connectivity index (χ1n) is 6.78. The second kappa shape index (κ2) is 6.05. The van der Waals surface area contributed by atoms with E-state index >= 15 is 0 Å². The first-order chi connectivity index (χ1) is 11.5. The number of amides is 2. The van der Waals surface area contributed by atoms with E-state index in [1.54, 1.807) is 24.3 Å². The lowest BCUT2D eigenvalue weighted by Gasteiger charge is -2.17. The monoisotopic (exact) mass is 342 g/mol. The molecule has 1 heterocycles.